The van der Waals surface area contributed by atoms with Gasteiger partial charge in [0.2, 0.25) is 5.13 Å². The molecule has 0 bridgehead atoms. The zero-order chi connectivity index (χ0) is 19.8. The van der Waals surface area contributed by atoms with Gasteiger partial charge in [0, 0.05) is 17.4 Å². The first-order valence-corrected chi connectivity index (χ1v) is 10.8. The normalized spacial score (nSPS) is 16.3. The number of hydrogen-bond donors (Lipinski definition) is 0. The fourth-order valence-corrected chi connectivity index (χ4v) is 4.90. The van der Waals surface area contributed by atoms with Crippen LogP contribution in [0.15, 0.2) is 76.5 Å². The summed E-state index contributed by atoms with van der Waals surface area (Å²) in [7, 11) is 0. The molecule has 144 valence electrons. The Labute approximate surface area is 174 Å². The van der Waals surface area contributed by atoms with E-state index >= 15 is 0 Å². The largest absolute Gasteiger partial charge is 0.231 e. The molecule has 7 heteroatoms. The number of hydrogen-bond acceptors (Lipinski definition) is 5. The third-order valence-electron chi connectivity index (χ3n) is 4.80. The molecular formula is C22H15F2N3S2. The minimum atomic E-state index is -0.273. The SMILES string of the molecule is Fc1ccc(-c2csc(N3N=C(c4cccs4)C[C@H]3c3ccc(F)cc3)n2)cc1. The Bertz CT molecular complexity index is 1150. The second kappa shape index (κ2) is 7.50. The predicted molar refractivity (Wildman–Crippen MR) is 115 cm³/mol. The van der Waals surface area contributed by atoms with Crippen LogP contribution < -0.4 is 5.01 Å². The number of anilines is 1. The van der Waals surface area contributed by atoms with Crippen molar-refractivity contribution in [3.8, 4) is 11.3 Å². The molecule has 0 fully saturated rings. The summed E-state index contributed by atoms with van der Waals surface area (Å²) >= 11 is 3.14. The lowest BCUT2D eigenvalue weighted by molar-refractivity contribution is 0.624. The van der Waals surface area contributed by atoms with E-state index in [9.17, 15) is 8.78 Å². The van der Waals surface area contributed by atoms with E-state index in [4.69, 9.17) is 10.1 Å². The molecule has 1 aliphatic rings. The molecule has 0 spiro atoms. The van der Waals surface area contributed by atoms with Gasteiger partial charge in [0.25, 0.3) is 0 Å². The molecule has 0 N–H and O–H groups in total. The Balaban J connectivity index is 1.52. The van der Waals surface area contributed by atoms with E-state index in [-0.39, 0.29) is 17.7 Å². The summed E-state index contributed by atoms with van der Waals surface area (Å²) in [4.78, 5) is 5.87. The van der Waals surface area contributed by atoms with Crippen LogP contribution >= 0.6 is 22.7 Å². The molecule has 1 aliphatic heterocycles. The average molecular weight is 424 g/mol. The molecule has 29 heavy (non-hydrogen) atoms. The molecule has 3 nitrogen and oxygen atoms in total. The number of thiazole rings is 1. The van der Waals surface area contributed by atoms with Crippen LogP contribution in [0.5, 0.6) is 0 Å². The number of rotatable bonds is 4. The van der Waals surface area contributed by atoms with Gasteiger partial charge < -0.3 is 0 Å². The van der Waals surface area contributed by atoms with Gasteiger partial charge in [-0.1, -0.05) is 18.2 Å². The van der Waals surface area contributed by atoms with Crippen molar-refractivity contribution in [2.24, 2.45) is 5.10 Å². The Kier molecular flexibility index (Phi) is 4.69. The van der Waals surface area contributed by atoms with Crippen LogP contribution in [-0.4, -0.2) is 10.7 Å². The van der Waals surface area contributed by atoms with Gasteiger partial charge in [0.1, 0.15) is 11.6 Å². The summed E-state index contributed by atoms with van der Waals surface area (Å²) in [5, 5.41) is 11.5. The molecule has 0 saturated heterocycles. The second-order valence-electron chi connectivity index (χ2n) is 6.66. The molecule has 0 unspecified atom stereocenters. The van der Waals surface area contributed by atoms with Crippen molar-refractivity contribution in [3.63, 3.8) is 0 Å². The highest BCUT2D eigenvalue weighted by Crippen LogP contribution is 2.39. The zero-order valence-corrected chi connectivity index (χ0v) is 16.8. The van der Waals surface area contributed by atoms with Crippen molar-refractivity contribution in [3.05, 3.63) is 93.5 Å². The first-order valence-electron chi connectivity index (χ1n) is 9.05. The van der Waals surface area contributed by atoms with E-state index in [2.05, 4.69) is 6.07 Å². The maximum atomic E-state index is 13.4. The monoisotopic (exact) mass is 423 g/mol. The van der Waals surface area contributed by atoms with Crippen LogP contribution in [0.4, 0.5) is 13.9 Å². The molecule has 2 aromatic heterocycles. The number of aromatic nitrogens is 1. The Hall–Kier alpha value is -2.90. The average Bonchev–Trinajstić information content (AvgIpc) is 3.48. The van der Waals surface area contributed by atoms with Gasteiger partial charge in [-0.05, 0) is 53.4 Å². The van der Waals surface area contributed by atoms with Crippen molar-refractivity contribution in [1.29, 1.82) is 0 Å². The lowest BCUT2D eigenvalue weighted by Crippen LogP contribution is -2.18. The van der Waals surface area contributed by atoms with Crippen LogP contribution in [0.3, 0.4) is 0 Å². The predicted octanol–water partition coefficient (Wildman–Crippen LogP) is 6.51. The number of thiophene rings is 1. The van der Waals surface area contributed by atoms with Crippen molar-refractivity contribution in [2.75, 3.05) is 5.01 Å². The van der Waals surface area contributed by atoms with Crippen LogP contribution in [0.1, 0.15) is 22.9 Å². The third-order valence-corrected chi connectivity index (χ3v) is 6.55. The summed E-state index contributed by atoms with van der Waals surface area (Å²) in [6, 6.07) is 16.9. The molecule has 5 rings (SSSR count). The zero-order valence-electron chi connectivity index (χ0n) is 15.1. The highest BCUT2D eigenvalue weighted by molar-refractivity contribution is 7.14. The Morgan fingerprint density at radius 2 is 1.62 bits per heavy atom. The molecule has 4 aromatic rings. The summed E-state index contributed by atoms with van der Waals surface area (Å²) in [6.07, 6.45) is 0.720. The van der Waals surface area contributed by atoms with Crippen molar-refractivity contribution in [1.82, 2.24) is 4.98 Å². The van der Waals surface area contributed by atoms with Crippen LogP contribution in [0.25, 0.3) is 11.3 Å². The quantitative estimate of drug-likeness (QED) is 0.375. The van der Waals surface area contributed by atoms with Gasteiger partial charge in [0.05, 0.1) is 22.3 Å². The van der Waals surface area contributed by atoms with Gasteiger partial charge >= 0.3 is 0 Å². The van der Waals surface area contributed by atoms with E-state index in [1.54, 1.807) is 35.6 Å². The van der Waals surface area contributed by atoms with E-state index in [0.29, 0.717) is 0 Å². The minimum Gasteiger partial charge on any atom is -0.231 e. The number of hydrazone groups is 1. The summed E-state index contributed by atoms with van der Waals surface area (Å²) in [5.74, 6) is -0.532. The smallest absolute Gasteiger partial charge is 0.207 e. The van der Waals surface area contributed by atoms with Gasteiger partial charge in [-0.3, -0.25) is 0 Å². The number of benzene rings is 2. The van der Waals surface area contributed by atoms with Crippen molar-refractivity contribution >= 4 is 33.5 Å². The van der Waals surface area contributed by atoms with Crippen LogP contribution in [-0.2, 0) is 0 Å². The third kappa shape index (κ3) is 3.59. The summed E-state index contributed by atoms with van der Waals surface area (Å²) in [5.41, 5.74) is 3.62. The number of halogens is 2. The molecule has 2 aromatic carbocycles. The highest BCUT2D eigenvalue weighted by Gasteiger charge is 2.32. The molecule has 0 amide bonds. The molecule has 0 aliphatic carbocycles. The summed E-state index contributed by atoms with van der Waals surface area (Å²) < 4.78 is 26.7. The maximum Gasteiger partial charge on any atom is 0.207 e. The van der Waals surface area contributed by atoms with Gasteiger partial charge in [-0.15, -0.1) is 22.7 Å². The minimum absolute atomic E-state index is 0.0556. The van der Waals surface area contributed by atoms with E-state index < -0.39 is 0 Å². The van der Waals surface area contributed by atoms with E-state index in [1.807, 2.05) is 21.8 Å². The Morgan fingerprint density at radius 3 is 2.31 bits per heavy atom. The molecule has 3 heterocycles. The summed E-state index contributed by atoms with van der Waals surface area (Å²) in [6.45, 7) is 0. The lowest BCUT2D eigenvalue weighted by Gasteiger charge is -2.21. The fraction of sp³-hybridized carbons (Fsp3) is 0.0909. The first kappa shape index (κ1) is 18.1. The molecular weight excluding hydrogens is 408 g/mol. The molecule has 0 saturated carbocycles. The van der Waals surface area contributed by atoms with Crippen LogP contribution in [0.2, 0.25) is 0 Å². The number of nitrogens with zero attached hydrogens (tertiary/aromatic N) is 3. The fourth-order valence-electron chi connectivity index (χ4n) is 3.35. The lowest BCUT2D eigenvalue weighted by atomic mass is 10.0. The molecule has 1 atom stereocenters. The van der Waals surface area contributed by atoms with Crippen molar-refractivity contribution in [2.45, 2.75) is 12.5 Å². The maximum absolute atomic E-state index is 13.4. The van der Waals surface area contributed by atoms with Gasteiger partial charge in [-0.2, -0.15) is 5.10 Å². The highest BCUT2D eigenvalue weighted by atomic mass is 32.1. The second-order valence-corrected chi connectivity index (χ2v) is 8.45. The van der Waals surface area contributed by atoms with E-state index in [1.165, 1.54) is 35.6 Å². The first-order chi connectivity index (χ1) is 14.2. The topological polar surface area (TPSA) is 28.5 Å². The van der Waals surface area contributed by atoms with Crippen molar-refractivity contribution < 1.29 is 8.78 Å². The molecule has 0 radical (unpaired) electrons. The standard InChI is InChI=1S/C22H15F2N3S2/c23-16-7-3-14(4-8-16)19-13-29-22(25-19)27-20(15-5-9-17(24)10-6-15)12-18(26-27)21-2-1-11-28-21/h1-11,13,20H,12H2/t20-/m0/s1. The van der Waals surface area contributed by atoms with Gasteiger partial charge in [-0.25, -0.2) is 18.8 Å². The van der Waals surface area contributed by atoms with E-state index in [0.717, 1.165) is 39.0 Å². The van der Waals surface area contributed by atoms with Crippen LogP contribution in [0, 0.1) is 11.6 Å². The Morgan fingerprint density at radius 1 is 0.897 bits per heavy atom. The van der Waals surface area contributed by atoms with Gasteiger partial charge in [0.15, 0.2) is 0 Å².